The van der Waals surface area contributed by atoms with Crippen LogP contribution in [0.4, 0.5) is 5.13 Å². The van der Waals surface area contributed by atoms with Crippen LogP contribution < -0.4 is 11.1 Å². The Hall–Kier alpha value is -1.28. The van der Waals surface area contributed by atoms with E-state index in [1.165, 1.54) is 11.3 Å². The molecule has 2 atom stereocenters. The zero-order valence-corrected chi connectivity index (χ0v) is 14.2. The Morgan fingerprint density at radius 2 is 2.18 bits per heavy atom. The molecule has 3 N–H and O–H groups in total. The highest BCUT2D eigenvalue weighted by Crippen LogP contribution is 2.27. The van der Waals surface area contributed by atoms with Gasteiger partial charge in [-0.1, -0.05) is 28.1 Å². The van der Waals surface area contributed by atoms with Gasteiger partial charge in [-0.2, -0.15) is 0 Å². The highest BCUT2D eigenvalue weighted by molar-refractivity contribution is 9.10. The Labute approximate surface area is 141 Å². The number of aromatic nitrogens is 1. The first-order chi connectivity index (χ1) is 10.7. The van der Waals surface area contributed by atoms with Crippen LogP contribution in [0.2, 0.25) is 0 Å². The molecule has 0 radical (unpaired) electrons. The molecule has 1 aliphatic heterocycles. The molecule has 3 rings (SSSR count). The third kappa shape index (κ3) is 3.55. The normalized spacial score (nSPS) is 21.0. The second-order valence-electron chi connectivity index (χ2n) is 5.09. The molecule has 1 aliphatic rings. The summed E-state index contributed by atoms with van der Waals surface area (Å²) in [5.74, 6) is -0.146. The van der Waals surface area contributed by atoms with Crippen LogP contribution >= 0.6 is 27.3 Å². The van der Waals surface area contributed by atoms with E-state index in [0.29, 0.717) is 18.1 Å². The van der Waals surface area contributed by atoms with E-state index < -0.39 is 6.10 Å². The van der Waals surface area contributed by atoms with Crippen LogP contribution in [0.25, 0.3) is 11.3 Å². The molecule has 0 unspecified atom stereocenters. The van der Waals surface area contributed by atoms with Crippen molar-refractivity contribution in [1.82, 2.24) is 4.98 Å². The summed E-state index contributed by atoms with van der Waals surface area (Å²) >= 11 is 4.81. The summed E-state index contributed by atoms with van der Waals surface area (Å²) in [5, 5.41) is 5.34. The molecule has 1 amide bonds. The Morgan fingerprint density at radius 1 is 1.41 bits per heavy atom. The van der Waals surface area contributed by atoms with Crippen molar-refractivity contribution in [2.45, 2.75) is 25.0 Å². The van der Waals surface area contributed by atoms with Crippen molar-refractivity contribution in [2.75, 3.05) is 11.9 Å². The Morgan fingerprint density at radius 3 is 2.86 bits per heavy atom. The van der Waals surface area contributed by atoms with Crippen molar-refractivity contribution in [3.05, 3.63) is 34.1 Å². The van der Waals surface area contributed by atoms with E-state index in [-0.39, 0.29) is 12.0 Å². The van der Waals surface area contributed by atoms with Crippen molar-refractivity contribution in [1.29, 1.82) is 0 Å². The van der Waals surface area contributed by atoms with Gasteiger partial charge in [-0.3, -0.25) is 10.1 Å². The van der Waals surface area contributed by atoms with E-state index in [0.717, 1.165) is 22.2 Å². The van der Waals surface area contributed by atoms with Gasteiger partial charge in [0, 0.05) is 22.0 Å². The van der Waals surface area contributed by atoms with Crippen LogP contribution in [0, 0.1) is 0 Å². The number of anilines is 1. The van der Waals surface area contributed by atoms with Gasteiger partial charge in [0.2, 0.25) is 0 Å². The highest BCUT2D eigenvalue weighted by atomic mass is 79.9. The maximum atomic E-state index is 12.2. The molecule has 0 bridgehead atoms. The second kappa shape index (κ2) is 6.87. The molecule has 1 saturated heterocycles. The summed E-state index contributed by atoms with van der Waals surface area (Å²) in [6, 6.07) is 7.89. The lowest BCUT2D eigenvalue weighted by molar-refractivity contribution is -0.126. The van der Waals surface area contributed by atoms with E-state index in [9.17, 15) is 4.79 Å². The Balaban J connectivity index is 1.64. The fraction of sp³-hybridized carbons (Fsp3) is 0.333. The molecule has 0 saturated carbocycles. The number of nitrogens with zero attached hydrogens (tertiary/aromatic N) is 1. The number of hydrogen-bond donors (Lipinski definition) is 2. The van der Waals surface area contributed by atoms with E-state index in [2.05, 4.69) is 26.2 Å². The predicted octanol–water partition coefficient (Wildman–Crippen LogP) is 3.02. The SMILES string of the molecule is NC[C@H]1CC[C@@H](C(=O)Nc2nc(-c3ccc(Br)cc3)cs2)O1. The van der Waals surface area contributed by atoms with Crippen molar-refractivity contribution in [3.63, 3.8) is 0 Å². The van der Waals surface area contributed by atoms with Crippen molar-refractivity contribution < 1.29 is 9.53 Å². The summed E-state index contributed by atoms with van der Waals surface area (Å²) in [6.45, 7) is 0.453. The lowest BCUT2D eigenvalue weighted by atomic mass is 10.2. The molecule has 5 nitrogen and oxygen atoms in total. The molecule has 22 heavy (non-hydrogen) atoms. The van der Waals surface area contributed by atoms with E-state index in [1.807, 2.05) is 29.6 Å². The minimum atomic E-state index is -0.423. The second-order valence-corrected chi connectivity index (χ2v) is 6.87. The smallest absolute Gasteiger partial charge is 0.255 e. The van der Waals surface area contributed by atoms with Gasteiger partial charge in [-0.15, -0.1) is 11.3 Å². The number of benzene rings is 1. The number of nitrogens with two attached hydrogens (primary N) is 1. The topological polar surface area (TPSA) is 77.2 Å². The molecular weight excluding hydrogens is 366 g/mol. The predicted molar refractivity (Wildman–Crippen MR) is 90.8 cm³/mol. The van der Waals surface area contributed by atoms with Crippen LogP contribution in [-0.2, 0) is 9.53 Å². The average Bonchev–Trinajstić information content (AvgIpc) is 3.17. The fourth-order valence-electron chi connectivity index (χ4n) is 2.34. The summed E-state index contributed by atoms with van der Waals surface area (Å²) in [4.78, 5) is 16.6. The Bertz CT molecular complexity index is 659. The summed E-state index contributed by atoms with van der Waals surface area (Å²) in [7, 11) is 0. The molecule has 0 aliphatic carbocycles. The molecule has 116 valence electrons. The lowest BCUT2D eigenvalue weighted by Gasteiger charge is -2.11. The monoisotopic (exact) mass is 381 g/mol. The Kier molecular flexibility index (Phi) is 4.87. The fourth-order valence-corrected chi connectivity index (χ4v) is 3.33. The maximum Gasteiger partial charge on any atom is 0.255 e. The molecule has 0 spiro atoms. The zero-order chi connectivity index (χ0) is 15.5. The number of halogens is 1. The number of rotatable bonds is 4. The molecule has 1 aromatic heterocycles. The number of ether oxygens (including phenoxy) is 1. The van der Waals surface area contributed by atoms with Gasteiger partial charge >= 0.3 is 0 Å². The van der Waals surface area contributed by atoms with Gasteiger partial charge < -0.3 is 10.5 Å². The molecular formula is C15H16BrN3O2S. The average molecular weight is 382 g/mol. The number of carbonyl (C=O) groups excluding carboxylic acids is 1. The number of thiazole rings is 1. The molecule has 1 aromatic carbocycles. The van der Waals surface area contributed by atoms with Crippen molar-refractivity contribution >= 4 is 38.3 Å². The molecule has 7 heteroatoms. The highest BCUT2D eigenvalue weighted by Gasteiger charge is 2.30. The quantitative estimate of drug-likeness (QED) is 0.852. The number of hydrogen-bond acceptors (Lipinski definition) is 5. The van der Waals surface area contributed by atoms with Crippen molar-refractivity contribution in [3.8, 4) is 11.3 Å². The number of carbonyl (C=O) groups is 1. The molecule has 1 fully saturated rings. The van der Waals surface area contributed by atoms with Gasteiger partial charge in [0.15, 0.2) is 5.13 Å². The van der Waals surface area contributed by atoms with Crippen LogP contribution in [0.1, 0.15) is 12.8 Å². The minimum absolute atomic E-state index is 0.00892. The maximum absolute atomic E-state index is 12.2. The van der Waals surface area contributed by atoms with E-state index >= 15 is 0 Å². The van der Waals surface area contributed by atoms with E-state index in [4.69, 9.17) is 10.5 Å². The first kappa shape index (κ1) is 15.6. The van der Waals surface area contributed by atoms with Gasteiger partial charge in [0.05, 0.1) is 11.8 Å². The van der Waals surface area contributed by atoms with Gasteiger partial charge in [-0.05, 0) is 25.0 Å². The minimum Gasteiger partial charge on any atom is -0.364 e. The molecule has 2 heterocycles. The molecule has 2 aromatic rings. The first-order valence-electron chi connectivity index (χ1n) is 7.03. The standard InChI is InChI=1S/C15H16BrN3O2S/c16-10-3-1-9(2-4-10)12-8-22-15(18-12)19-14(20)13-6-5-11(7-17)21-13/h1-4,8,11,13H,5-7,17H2,(H,18,19,20)/t11-,13+/m1/s1. The zero-order valence-electron chi connectivity index (χ0n) is 11.8. The van der Waals surface area contributed by atoms with Gasteiger partial charge in [0.25, 0.3) is 5.91 Å². The van der Waals surface area contributed by atoms with E-state index in [1.54, 1.807) is 0 Å². The van der Waals surface area contributed by atoms with Crippen LogP contribution in [0.3, 0.4) is 0 Å². The van der Waals surface area contributed by atoms with Crippen LogP contribution in [-0.4, -0.2) is 29.6 Å². The third-order valence-corrected chi connectivity index (χ3v) is 4.82. The largest absolute Gasteiger partial charge is 0.364 e. The van der Waals surface area contributed by atoms with Crippen molar-refractivity contribution in [2.24, 2.45) is 5.73 Å². The first-order valence-corrected chi connectivity index (χ1v) is 8.71. The van der Waals surface area contributed by atoms with Gasteiger partial charge in [0.1, 0.15) is 6.10 Å². The summed E-state index contributed by atoms with van der Waals surface area (Å²) < 4.78 is 6.60. The van der Waals surface area contributed by atoms with Crippen LogP contribution in [0.15, 0.2) is 34.1 Å². The summed E-state index contributed by atoms with van der Waals surface area (Å²) in [5.41, 5.74) is 7.42. The third-order valence-electron chi connectivity index (χ3n) is 3.54. The lowest BCUT2D eigenvalue weighted by Crippen LogP contribution is -2.29. The number of amides is 1. The number of nitrogens with one attached hydrogen (secondary N) is 1. The van der Waals surface area contributed by atoms with Crippen LogP contribution in [0.5, 0.6) is 0 Å². The van der Waals surface area contributed by atoms with Gasteiger partial charge in [-0.25, -0.2) is 4.98 Å². The summed E-state index contributed by atoms with van der Waals surface area (Å²) in [6.07, 6.45) is 1.11.